The second kappa shape index (κ2) is 5.52. The molecule has 0 saturated carbocycles. The van der Waals surface area contributed by atoms with Crippen LogP contribution in [-0.4, -0.2) is 11.1 Å². The maximum absolute atomic E-state index is 11.1. The molecule has 0 aromatic heterocycles. The summed E-state index contributed by atoms with van der Waals surface area (Å²) in [6.45, 7) is 4.33. The van der Waals surface area contributed by atoms with E-state index in [4.69, 9.17) is 5.11 Å². The highest BCUT2D eigenvalue weighted by Crippen LogP contribution is 2.51. The number of aryl methyl sites for hydroxylation is 2. The molecular formula is C21H21NO2. The number of hydrogen-bond donors (Lipinski definition) is 2. The van der Waals surface area contributed by atoms with Crippen LogP contribution in [0.1, 0.15) is 51.0 Å². The predicted molar refractivity (Wildman–Crippen MR) is 95.7 cm³/mol. The van der Waals surface area contributed by atoms with Gasteiger partial charge in [0, 0.05) is 11.6 Å². The van der Waals surface area contributed by atoms with E-state index in [1.807, 2.05) is 12.1 Å². The molecular weight excluding hydrogens is 298 g/mol. The van der Waals surface area contributed by atoms with Crippen LogP contribution in [0.15, 0.2) is 48.6 Å². The molecule has 0 spiro atoms. The number of carbonyl (C=O) groups is 1. The molecule has 2 aromatic rings. The van der Waals surface area contributed by atoms with Crippen LogP contribution in [0.4, 0.5) is 5.69 Å². The summed E-state index contributed by atoms with van der Waals surface area (Å²) in [4.78, 5) is 11.1. The summed E-state index contributed by atoms with van der Waals surface area (Å²) in [7, 11) is 0. The van der Waals surface area contributed by atoms with Crippen molar-refractivity contribution in [3.63, 3.8) is 0 Å². The molecule has 122 valence electrons. The van der Waals surface area contributed by atoms with E-state index in [9.17, 15) is 4.79 Å². The summed E-state index contributed by atoms with van der Waals surface area (Å²) in [5.74, 6) is 0.0364. The van der Waals surface area contributed by atoms with Crippen molar-refractivity contribution in [2.75, 3.05) is 5.32 Å². The van der Waals surface area contributed by atoms with Crippen molar-refractivity contribution in [2.24, 2.45) is 5.92 Å². The minimum Gasteiger partial charge on any atom is -0.478 e. The summed E-state index contributed by atoms with van der Waals surface area (Å²) in [5.41, 5.74) is 6.77. The molecule has 0 radical (unpaired) electrons. The van der Waals surface area contributed by atoms with Crippen molar-refractivity contribution in [1.29, 1.82) is 0 Å². The fraction of sp³-hybridized carbons (Fsp3) is 0.286. The van der Waals surface area contributed by atoms with Crippen LogP contribution in [0.25, 0.3) is 0 Å². The summed E-state index contributed by atoms with van der Waals surface area (Å²) in [6, 6.07) is 11.9. The van der Waals surface area contributed by atoms with Crippen LogP contribution >= 0.6 is 0 Å². The van der Waals surface area contributed by atoms with E-state index in [-0.39, 0.29) is 6.04 Å². The van der Waals surface area contributed by atoms with Crippen molar-refractivity contribution in [3.05, 3.63) is 76.4 Å². The molecule has 2 aromatic carbocycles. The second-order valence-electron chi connectivity index (χ2n) is 6.89. The van der Waals surface area contributed by atoms with Crippen LogP contribution < -0.4 is 5.32 Å². The molecule has 1 heterocycles. The Morgan fingerprint density at radius 3 is 2.50 bits per heavy atom. The van der Waals surface area contributed by atoms with E-state index in [0.29, 0.717) is 17.4 Å². The Balaban J connectivity index is 1.78. The Labute approximate surface area is 142 Å². The first-order valence-electron chi connectivity index (χ1n) is 8.43. The third-order valence-electron chi connectivity index (χ3n) is 5.46. The van der Waals surface area contributed by atoms with Gasteiger partial charge >= 0.3 is 5.97 Å². The molecule has 3 atom stereocenters. The fourth-order valence-electron chi connectivity index (χ4n) is 4.21. The van der Waals surface area contributed by atoms with Gasteiger partial charge in [-0.05, 0) is 60.6 Å². The van der Waals surface area contributed by atoms with E-state index < -0.39 is 5.97 Å². The number of carboxylic acid groups (broad SMARTS) is 1. The lowest BCUT2D eigenvalue weighted by Gasteiger charge is -2.39. The van der Waals surface area contributed by atoms with Crippen LogP contribution in [0.3, 0.4) is 0 Å². The van der Waals surface area contributed by atoms with E-state index in [2.05, 4.69) is 43.4 Å². The van der Waals surface area contributed by atoms with Gasteiger partial charge in [-0.1, -0.05) is 36.4 Å². The lowest BCUT2D eigenvalue weighted by Crippen LogP contribution is -2.30. The minimum atomic E-state index is -0.879. The number of hydrogen-bond acceptors (Lipinski definition) is 2. The van der Waals surface area contributed by atoms with Gasteiger partial charge in [-0.3, -0.25) is 0 Å². The summed E-state index contributed by atoms with van der Waals surface area (Å²) in [6.07, 6.45) is 5.68. The van der Waals surface area contributed by atoms with Gasteiger partial charge in [0.1, 0.15) is 0 Å². The predicted octanol–water partition coefficient (Wildman–Crippen LogP) is 4.83. The van der Waals surface area contributed by atoms with Gasteiger partial charge in [-0.15, -0.1) is 0 Å². The zero-order valence-corrected chi connectivity index (χ0v) is 13.9. The van der Waals surface area contributed by atoms with Crippen molar-refractivity contribution >= 4 is 11.7 Å². The number of rotatable bonds is 2. The molecule has 0 bridgehead atoms. The van der Waals surface area contributed by atoms with Gasteiger partial charge in [-0.2, -0.15) is 0 Å². The Bertz CT molecular complexity index is 836. The summed E-state index contributed by atoms with van der Waals surface area (Å²) in [5, 5.41) is 12.9. The van der Waals surface area contributed by atoms with Crippen LogP contribution in [-0.2, 0) is 0 Å². The lowest BCUT2D eigenvalue weighted by molar-refractivity contribution is 0.0697. The van der Waals surface area contributed by atoms with Gasteiger partial charge in [0.2, 0.25) is 0 Å². The van der Waals surface area contributed by atoms with Crippen LogP contribution in [0.2, 0.25) is 0 Å². The monoisotopic (exact) mass is 319 g/mol. The summed E-state index contributed by atoms with van der Waals surface area (Å²) >= 11 is 0. The highest BCUT2D eigenvalue weighted by Gasteiger charge is 2.39. The maximum atomic E-state index is 11.1. The Hall–Kier alpha value is -2.55. The fourth-order valence-corrected chi connectivity index (χ4v) is 4.21. The quantitative estimate of drug-likeness (QED) is 0.780. The SMILES string of the molecule is Cc1ccc(C)c2c1N[C@H](c1ccc(C(=O)O)cc1)C1CC=CC21. The number of nitrogens with one attached hydrogen (secondary N) is 1. The Morgan fingerprint density at radius 2 is 1.79 bits per heavy atom. The maximum Gasteiger partial charge on any atom is 0.335 e. The van der Waals surface area contributed by atoms with Crippen molar-refractivity contribution in [2.45, 2.75) is 32.2 Å². The zero-order chi connectivity index (χ0) is 16.8. The van der Waals surface area contributed by atoms with E-state index in [1.165, 1.54) is 22.4 Å². The van der Waals surface area contributed by atoms with Crippen LogP contribution in [0.5, 0.6) is 0 Å². The molecule has 2 unspecified atom stereocenters. The molecule has 2 aliphatic rings. The van der Waals surface area contributed by atoms with Crippen LogP contribution in [0, 0.1) is 19.8 Å². The van der Waals surface area contributed by atoms with E-state index in [1.54, 1.807) is 12.1 Å². The standard InChI is InChI=1S/C21H21NO2/c1-12-6-7-13(2)19-18(12)16-4-3-5-17(16)20(22-19)14-8-10-15(11-9-14)21(23)24/h3-4,6-11,16-17,20,22H,5H2,1-2H3,(H,23,24)/t16?,17?,20-/m1/s1. The van der Waals surface area contributed by atoms with E-state index >= 15 is 0 Å². The van der Waals surface area contributed by atoms with Crippen molar-refractivity contribution < 1.29 is 9.90 Å². The van der Waals surface area contributed by atoms with Gasteiger partial charge in [0.25, 0.3) is 0 Å². The number of allylic oxidation sites excluding steroid dienone is 2. The largest absolute Gasteiger partial charge is 0.478 e. The third kappa shape index (κ3) is 2.23. The minimum absolute atomic E-state index is 0.209. The molecule has 4 rings (SSSR count). The average molecular weight is 319 g/mol. The number of fused-ring (bicyclic) bond motifs is 3. The Kier molecular flexibility index (Phi) is 3.45. The molecule has 0 fully saturated rings. The first-order valence-corrected chi connectivity index (χ1v) is 8.43. The average Bonchev–Trinajstić information content (AvgIpc) is 3.07. The molecule has 3 heteroatoms. The molecule has 1 aliphatic carbocycles. The second-order valence-corrected chi connectivity index (χ2v) is 6.89. The van der Waals surface area contributed by atoms with Gasteiger partial charge in [0.05, 0.1) is 11.6 Å². The first kappa shape index (κ1) is 15.0. The highest BCUT2D eigenvalue weighted by molar-refractivity contribution is 5.87. The van der Waals surface area contributed by atoms with Crippen molar-refractivity contribution in [3.8, 4) is 0 Å². The Morgan fingerprint density at radius 1 is 1.08 bits per heavy atom. The first-order chi connectivity index (χ1) is 11.6. The molecule has 3 nitrogen and oxygen atoms in total. The number of carboxylic acids is 1. The van der Waals surface area contributed by atoms with Gasteiger partial charge in [0.15, 0.2) is 0 Å². The molecule has 0 saturated heterocycles. The molecule has 24 heavy (non-hydrogen) atoms. The summed E-state index contributed by atoms with van der Waals surface area (Å²) < 4.78 is 0. The highest BCUT2D eigenvalue weighted by atomic mass is 16.4. The topological polar surface area (TPSA) is 49.3 Å². The third-order valence-corrected chi connectivity index (χ3v) is 5.46. The van der Waals surface area contributed by atoms with Gasteiger partial charge in [-0.25, -0.2) is 4.79 Å². The number of aromatic carboxylic acids is 1. The smallest absolute Gasteiger partial charge is 0.335 e. The van der Waals surface area contributed by atoms with E-state index in [0.717, 1.165) is 12.0 Å². The lowest BCUT2D eigenvalue weighted by atomic mass is 9.75. The molecule has 0 amide bonds. The van der Waals surface area contributed by atoms with Gasteiger partial charge < -0.3 is 10.4 Å². The number of anilines is 1. The number of benzene rings is 2. The normalized spacial score (nSPS) is 24.2. The zero-order valence-electron chi connectivity index (χ0n) is 13.9. The molecule has 1 aliphatic heterocycles. The molecule has 2 N–H and O–H groups in total. The van der Waals surface area contributed by atoms with Crippen molar-refractivity contribution in [1.82, 2.24) is 0 Å².